The Morgan fingerprint density at radius 2 is 2.08 bits per heavy atom. The fourth-order valence-electron chi connectivity index (χ4n) is 3.76. The lowest BCUT2D eigenvalue weighted by Gasteiger charge is -2.29. The quantitative estimate of drug-likeness (QED) is 0.880. The van der Waals surface area contributed by atoms with Gasteiger partial charge in [0.1, 0.15) is 5.75 Å². The predicted octanol–water partition coefficient (Wildman–Crippen LogP) is 2.68. The third-order valence-electron chi connectivity index (χ3n) is 5.08. The zero-order valence-corrected chi connectivity index (χ0v) is 14.4. The first kappa shape index (κ1) is 16.1. The van der Waals surface area contributed by atoms with Gasteiger partial charge in [-0.05, 0) is 30.5 Å². The highest BCUT2D eigenvalue weighted by atomic mass is 16.5. The number of benzene rings is 1. The molecule has 1 N–H and O–H groups in total. The van der Waals surface area contributed by atoms with Gasteiger partial charge in [-0.1, -0.05) is 24.3 Å². The summed E-state index contributed by atoms with van der Waals surface area (Å²) >= 11 is 0. The van der Waals surface area contributed by atoms with Gasteiger partial charge in [-0.25, -0.2) is 0 Å². The second-order valence-corrected chi connectivity index (χ2v) is 6.77. The van der Waals surface area contributed by atoms with E-state index in [1.807, 2.05) is 30.5 Å². The van der Waals surface area contributed by atoms with E-state index in [9.17, 15) is 4.79 Å². The molecule has 1 aliphatic carbocycles. The second kappa shape index (κ2) is 6.84. The maximum absolute atomic E-state index is 12.6. The maximum atomic E-state index is 12.6. The normalized spacial score (nSPS) is 23.1. The van der Waals surface area contributed by atoms with Crippen molar-refractivity contribution < 1.29 is 9.53 Å². The van der Waals surface area contributed by atoms with Gasteiger partial charge in [0.15, 0.2) is 0 Å². The first-order valence-corrected chi connectivity index (χ1v) is 8.84. The van der Waals surface area contributed by atoms with E-state index in [4.69, 9.17) is 4.74 Å². The van der Waals surface area contributed by atoms with Crippen LogP contribution < -0.4 is 10.1 Å². The predicted molar refractivity (Wildman–Crippen MR) is 95.1 cm³/mol. The molecule has 25 heavy (non-hydrogen) atoms. The number of carbonyl (C=O) groups excluding carboxylic acids is 1. The highest BCUT2D eigenvalue weighted by Gasteiger charge is 2.47. The standard InChI is InChI=1S/C20H23N3O2/c1-25-18-7-3-2-5-14(18)13-22-17-11-19(24)23(16-8-9-16)20(17)15-6-4-10-21-12-15/h2-7,10,12,16-17,20,22H,8-9,11,13H2,1H3/t17-,20+/m1/s1. The molecule has 2 fully saturated rings. The largest absolute Gasteiger partial charge is 0.496 e. The van der Waals surface area contributed by atoms with Crippen LogP contribution in [0.15, 0.2) is 48.8 Å². The number of nitrogens with one attached hydrogen (secondary N) is 1. The molecule has 1 aliphatic heterocycles. The molecular weight excluding hydrogens is 314 g/mol. The van der Waals surface area contributed by atoms with Gasteiger partial charge in [0, 0.05) is 43.0 Å². The number of hydrogen-bond donors (Lipinski definition) is 1. The third kappa shape index (κ3) is 3.24. The van der Waals surface area contributed by atoms with Crippen molar-refractivity contribution in [1.82, 2.24) is 15.2 Å². The monoisotopic (exact) mass is 337 g/mol. The average molecular weight is 337 g/mol. The molecule has 2 heterocycles. The molecule has 1 saturated heterocycles. The summed E-state index contributed by atoms with van der Waals surface area (Å²) < 4.78 is 5.44. The van der Waals surface area contributed by atoms with E-state index in [-0.39, 0.29) is 18.0 Å². The van der Waals surface area contributed by atoms with Crippen LogP contribution in [-0.2, 0) is 11.3 Å². The van der Waals surface area contributed by atoms with E-state index in [2.05, 4.69) is 27.3 Å². The molecule has 5 nitrogen and oxygen atoms in total. The van der Waals surface area contributed by atoms with Crippen LogP contribution in [0.2, 0.25) is 0 Å². The van der Waals surface area contributed by atoms with Crippen molar-refractivity contribution in [2.75, 3.05) is 7.11 Å². The molecule has 5 heteroatoms. The van der Waals surface area contributed by atoms with E-state index >= 15 is 0 Å². The topological polar surface area (TPSA) is 54.5 Å². The van der Waals surface area contributed by atoms with Gasteiger partial charge in [-0.15, -0.1) is 0 Å². The van der Waals surface area contributed by atoms with Crippen molar-refractivity contribution in [3.63, 3.8) is 0 Å². The molecule has 1 aromatic carbocycles. The lowest BCUT2D eigenvalue weighted by molar-refractivity contribution is -0.129. The molecule has 2 atom stereocenters. The Morgan fingerprint density at radius 3 is 2.80 bits per heavy atom. The molecule has 4 rings (SSSR count). The molecule has 0 spiro atoms. The highest BCUT2D eigenvalue weighted by molar-refractivity contribution is 5.81. The molecule has 0 bridgehead atoms. The smallest absolute Gasteiger partial charge is 0.225 e. The first-order valence-electron chi connectivity index (χ1n) is 8.84. The SMILES string of the molecule is COc1ccccc1CN[C@@H]1CC(=O)N(C2CC2)[C@H]1c1cccnc1. The number of rotatable bonds is 6. The lowest BCUT2D eigenvalue weighted by atomic mass is 10.0. The highest BCUT2D eigenvalue weighted by Crippen LogP contribution is 2.41. The molecule has 2 aromatic rings. The number of nitrogens with zero attached hydrogens (tertiary/aromatic N) is 2. The van der Waals surface area contributed by atoms with Crippen molar-refractivity contribution in [1.29, 1.82) is 0 Å². The minimum atomic E-state index is 0.0587. The lowest BCUT2D eigenvalue weighted by Crippen LogP contribution is -2.37. The summed E-state index contributed by atoms with van der Waals surface area (Å²) in [4.78, 5) is 19.0. The van der Waals surface area contributed by atoms with Gasteiger partial charge in [-0.3, -0.25) is 9.78 Å². The van der Waals surface area contributed by atoms with Crippen LogP contribution in [0.25, 0.3) is 0 Å². The zero-order chi connectivity index (χ0) is 17.2. The number of hydrogen-bond acceptors (Lipinski definition) is 4. The number of carbonyl (C=O) groups is 1. The van der Waals surface area contributed by atoms with Crippen LogP contribution in [0.4, 0.5) is 0 Å². The van der Waals surface area contributed by atoms with E-state index in [1.165, 1.54) is 0 Å². The Hall–Kier alpha value is -2.40. The minimum absolute atomic E-state index is 0.0587. The molecule has 130 valence electrons. The average Bonchev–Trinajstić information content (AvgIpc) is 3.44. The van der Waals surface area contributed by atoms with Gasteiger partial charge < -0.3 is 15.0 Å². The third-order valence-corrected chi connectivity index (χ3v) is 5.08. The summed E-state index contributed by atoms with van der Waals surface area (Å²) in [6, 6.07) is 12.6. The van der Waals surface area contributed by atoms with E-state index in [0.717, 1.165) is 29.7 Å². The number of aromatic nitrogens is 1. The number of ether oxygens (including phenoxy) is 1. The van der Waals surface area contributed by atoms with Crippen LogP contribution in [0.3, 0.4) is 0 Å². The van der Waals surface area contributed by atoms with Crippen LogP contribution in [-0.4, -0.2) is 35.0 Å². The van der Waals surface area contributed by atoms with Gasteiger partial charge in [0.25, 0.3) is 0 Å². The number of amides is 1. The molecule has 0 radical (unpaired) electrons. The van der Waals surface area contributed by atoms with Gasteiger partial charge in [0.05, 0.1) is 13.2 Å². The molecule has 1 amide bonds. The minimum Gasteiger partial charge on any atom is -0.496 e. The summed E-state index contributed by atoms with van der Waals surface area (Å²) in [7, 11) is 1.69. The first-order chi connectivity index (χ1) is 12.3. The number of likely N-dealkylation sites (tertiary alicyclic amines) is 1. The summed E-state index contributed by atoms with van der Waals surface area (Å²) in [5, 5.41) is 3.59. The van der Waals surface area contributed by atoms with Gasteiger partial charge >= 0.3 is 0 Å². The summed E-state index contributed by atoms with van der Waals surface area (Å²) in [6.45, 7) is 0.678. The maximum Gasteiger partial charge on any atom is 0.225 e. The number of methoxy groups -OCH3 is 1. The van der Waals surface area contributed by atoms with E-state index in [1.54, 1.807) is 13.3 Å². The fraction of sp³-hybridized carbons (Fsp3) is 0.400. The Labute approximate surface area is 148 Å². The Morgan fingerprint density at radius 1 is 1.24 bits per heavy atom. The molecule has 0 unspecified atom stereocenters. The Kier molecular flexibility index (Phi) is 4.40. The number of pyridine rings is 1. The Bertz CT molecular complexity index is 746. The van der Waals surface area contributed by atoms with Crippen LogP contribution in [0.1, 0.15) is 36.4 Å². The van der Waals surface area contributed by atoms with Crippen LogP contribution in [0.5, 0.6) is 5.75 Å². The van der Waals surface area contributed by atoms with Gasteiger partial charge in [0.2, 0.25) is 5.91 Å². The zero-order valence-electron chi connectivity index (χ0n) is 14.4. The van der Waals surface area contributed by atoms with Crippen molar-refractivity contribution in [2.24, 2.45) is 0 Å². The molecule has 1 aromatic heterocycles. The summed E-state index contributed by atoms with van der Waals surface area (Å²) in [5.41, 5.74) is 2.21. The second-order valence-electron chi connectivity index (χ2n) is 6.77. The van der Waals surface area contributed by atoms with E-state index in [0.29, 0.717) is 19.0 Å². The van der Waals surface area contributed by atoms with Crippen LogP contribution in [0, 0.1) is 0 Å². The summed E-state index contributed by atoms with van der Waals surface area (Å²) in [5.74, 6) is 1.12. The fourth-order valence-corrected chi connectivity index (χ4v) is 3.76. The van der Waals surface area contributed by atoms with Crippen LogP contribution >= 0.6 is 0 Å². The molecule has 1 saturated carbocycles. The van der Waals surface area contributed by atoms with Crippen molar-refractivity contribution >= 4 is 5.91 Å². The van der Waals surface area contributed by atoms with Crippen molar-refractivity contribution in [3.05, 3.63) is 59.9 Å². The summed E-state index contributed by atoms with van der Waals surface area (Å²) in [6.07, 6.45) is 6.42. The Balaban J connectivity index is 1.56. The van der Waals surface area contributed by atoms with E-state index < -0.39 is 0 Å². The molecule has 2 aliphatic rings. The van der Waals surface area contributed by atoms with Gasteiger partial charge in [-0.2, -0.15) is 0 Å². The van der Waals surface area contributed by atoms with Crippen molar-refractivity contribution in [3.8, 4) is 5.75 Å². The van der Waals surface area contributed by atoms with Crippen molar-refractivity contribution in [2.45, 2.75) is 43.9 Å². The number of para-hydroxylation sites is 1. The molecular formula is C20H23N3O2.